The van der Waals surface area contributed by atoms with Crippen molar-refractivity contribution < 1.29 is 16.8 Å². The summed E-state index contributed by atoms with van der Waals surface area (Å²) < 4.78 is 50.9. The summed E-state index contributed by atoms with van der Waals surface area (Å²) in [6, 6.07) is 0. The van der Waals surface area contributed by atoms with E-state index in [1.165, 1.54) is 4.31 Å². The number of aromatic amines is 1. The van der Waals surface area contributed by atoms with Crippen LogP contribution in [0.2, 0.25) is 0 Å². The molecule has 1 rings (SSSR count). The van der Waals surface area contributed by atoms with Crippen LogP contribution in [0.1, 0.15) is 24.7 Å². The van der Waals surface area contributed by atoms with Gasteiger partial charge in [0, 0.05) is 19.6 Å². The van der Waals surface area contributed by atoms with Gasteiger partial charge in [-0.1, -0.05) is 6.92 Å². The summed E-state index contributed by atoms with van der Waals surface area (Å²) in [5.41, 5.74) is 0.887. The lowest BCUT2D eigenvalue weighted by Gasteiger charge is -2.17. The molecule has 0 radical (unpaired) electrons. The minimum absolute atomic E-state index is 0.151. The largest absolute Gasteiger partial charge is 0.281 e. The number of aryl methyl sites for hydroxylation is 2. The fraction of sp³-hybridized carbons (Fsp3) is 0.727. The van der Waals surface area contributed by atoms with Crippen LogP contribution in [-0.4, -0.2) is 57.2 Å². The first-order valence-corrected chi connectivity index (χ1v) is 9.89. The van der Waals surface area contributed by atoms with Crippen LogP contribution in [0.3, 0.4) is 0 Å². The molecule has 0 aliphatic rings. The van der Waals surface area contributed by atoms with E-state index >= 15 is 0 Å². The molecular formula is C11H22N4O4S2. The molecule has 8 nitrogen and oxygen atoms in total. The van der Waals surface area contributed by atoms with Gasteiger partial charge in [0.2, 0.25) is 20.0 Å². The van der Waals surface area contributed by atoms with Crippen molar-refractivity contribution in [2.45, 2.75) is 32.1 Å². The van der Waals surface area contributed by atoms with E-state index in [4.69, 9.17) is 0 Å². The van der Waals surface area contributed by atoms with Gasteiger partial charge in [0.1, 0.15) is 4.90 Å². The van der Waals surface area contributed by atoms with Crippen molar-refractivity contribution in [3.05, 3.63) is 11.4 Å². The van der Waals surface area contributed by atoms with E-state index in [1.807, 2.05) is 0 Å². The van der Waals surface area contributed by atoms with E-state index in [2.05, 4.69) is 14.9 Å². The molecule has 0 aliphatic heterocycles. The number of rotatable bonds is 8. The molecule has 1 heterocycles. The van der Waals surface area contributed by atoms with E-state index < -0.39 is 20.0 Å². The van der Waals surface area contributed by atoms with Crippen LogP contribution in [0, 0.1) is 13.8 Å². The highest BCUT2D eigenvalue weighted by Crippen LogP contribution is 2.16. The number of nitrogens with zero attached hydrogens (tertiary/aromatic N) is 2. The third-order valence-electron chi connectivity index (χ3n) is 3.03. The minimum Gasteiger partial charge on any atom is -0.281 e. The second kappa shape index (κ2) is 6.86. The summed E-state index contributed by atoms with van der Waals surface area (Å²) in [7, 11) is -6.88. The molecule has 0 spiro atoms. The topological polar surface area (TPSA) is 112 Å². The summed E-state index contributed by atoms with van der Waals surface area (Å²) in [4.78, 5) is 0.151. The molecule has 0 unspecified atom stereocenters. The van der Waals surface area contributed by atoms with Crippen LogP contribution in [0.15, 0.2) is 4.90 Å². The van der Waals surface area contributed by atoms with Crippen molar-refractivity contribution in [1.82, 2.24) is 19.2 Å². The molecule has 0 saturated heterocycles. The fourth-order valence-electron chi connectivity index (χ4n) is 2.03. The number of hydrogen-bond donors (Lipinski definition) is 2. The molecule has 2 N–H and O–H groups in total. The highest BCUT2D eigenvalue weighted by Gasteiger charge is 2.22. The van der Waals surface area contributed by atoms with E-state index in [9.17, 15) is 16.8 Å². The highest BCUT2D eigenvalue weighted by molar-refractivity contribution is 7.89. The average molecular weight is 338 g/mol. The Morgan fingerprint density at radius 1 is 1.24 bits per heavy atom. The molecule has 0 aliphatic carbocycles. The van der Waals surface area contributed by atoms with E-state index in [1.54, 1.807) is 20.8 Å². The second-order valence-electron chi connectivity index (χ2n) is 4.77. The Bertz CT molecular complexity index is 660. The molecule has 10 heteroatoms. The second-order valence-corrected chi connectivity index (χ2v) is 8.46. The summed E-state index contributed by atoms with van der Waals surface area (Å²) in [5, 5.41) is 6.48. The summed E-state index contributed by atoms with van der Waals surface area (Å²) in [6.07, 6.45) is 1.54. The normalized spacial score (nSPS) is 13.0. The van der Waals surface area contributed by atoms with E-state index in [0.29, 0.717) is 24.4 Å². The van der Waals surface area contributed by atoms with Crippen LogP contribution in [0.4, 0.5) is 0 Å². The molecule has 0 bridgehead atoms. The Labute approximate surface area is 126 Å². The van der Waals surface area contributed by atoms with Crippen molar-refractivity contribution in [3.8, 4) is 0 Å². The number of H-pyrrole nitrogens is 1. The lowest BCUT2D eigenvalue weighted by molar-refractivity contribution is 0.424. The summed E-state index contributed by atoms with van der Waals surface area (Å²) in [5.74, 6) is 0. The maximum absolute atomic E-state index is 12.1. The van der Waals surface area contributed by atoms with Gasteiger partial charge in [0.25, 0.3) is 0 Å². The van der Waals surface area contributed by atoms with Gasteiger partial charge >= 0.3 is 0 Å². The highest BCUT2D eigenvalue weighted by atomic mass is 32.2. The number of hydrogen-bond acceptors (Lipinski definition) is 5. The van der Waals surface area contributed by atoms with Gasteiger partial charge in [-0.3, -0.25) is 5.10 Å². The summed E-state index contributed by atoms with van der Waals surface area (Å²) >= 11 is 0. The Kier molecular flexibility index (Phi) is 5.91. The molecule has 0 amide bonds. The fourth-order valence-corrected chi connectivity index (χ4v) is 4.40. The van der Waals surface area contributed by atoms with Crippen LogP contribution >= 0.6 is 0 Å². The van der Waals surface area contributed by atoms with Crippen LogP contribution in [-0.2, 0) is 20.0 Å². The molecule has 1 aromatic heterocycles. The Balaban J connectivity index is 2.60. The van der Waals surface area contributed by atoms with Gasteiger partial charge in [-0.05, 0) is 20.3 Å². The monoisotopic (exact) mass is 338 g/mol. The molecule has 122 valence electrons. The third-order valence-corrected chi connectivity index (χ3v) is 6.13. The van der Waals surface area contributed by atoms with Gasteiger partial charge in [-0.2, -0.15) is 5.10 Å². The van der Waals surface area contributed by atoms with Crippen molar-refractivity contribution in [3.63, 3.8) is 0 Å². The SMILES string of the molecule is CCN(CCCNS(=O)(=O)c1c(C)n[nH]c1C)S(C)(=O)=O. The first-order valence-electron chi connectivity index (χ1n) is 6.56. The molecule has 21 heavy (non-hydrogen) atoms. The quantitative estimate of drug-likeness (QED) is 0.647. The summed E-state index contributed by atoms with van der Waals surface area (Å²) in [6.45, 7) is 5.80. The Morgan fingerprint density at radius 2 is 1.86 bits per heavy atom. The zero-order valence-electron chi connectivity index (χ0n) is 12.7. The van der Waals surface area contributed by atoms with Crippen LogP contribution in [0.5, 0.6) is 0 Å². The van der Waals surface area contributed by atoms with Crippen molar-refractivity contribution in [2.24, 2.45) is 0 Å². The zero-order chi connectivity index (χ0) is 16.3. The molecule has 0 aromatic carbocycles. The molecule has 0 saturated carbocycles. The molecule has 0 fully saturated rings. The van der Waals surface area contributed by atoms with Crippen LogP contribution in [0.25, 0.3) is 0 Å². The number of sulfonamides is 2. The molecule has 1 aromatic rings. The van der Waals surface area contributed by atoms with Gasteiger partial charge in [0.15, 0.2) is 0 Å². The number of aromatic nitrogens is 2. The first kappa shape index (κ1) is 18.1. The lowest BCUT2D eigenvalue weighted by atomic mass is 10.4. The maximum Gasteiger partial charge on any atom is 0.244 e. The van der Waals surface area contributed by atoms with Crippen molar-refractivity contribution in [1.29, 1.82) is 0 Å². The molecule has 0 atom stereocenters. The van der Waals surface area contributed by atoms with Crippen molar-refractivity contribution >= 4 is 20.0 Å². The zero-order valence-corrected chi connectivity index (χ0v) is 14.3. The van der Waals surface area contributed by atoms with E-state index in [-0.39, 0.29) is 18.0 Å². The standard InChI is InChI=1S/C11H22N4O4S2/c1-5-15(20(4,16)17)8-6-7-12-21(18,19)11-9(2)13-14-10(11)3/h12H,5-8H2,1-4H3,(H,13,14). The van der Waals surface area contributed by atoms with Gasteiger partial charge in [0.05, 0.1) is 17.6 Å². The average Bonchev–Trinajstić information content (AvgIpc) is 2.67. The van der Waals surface area contributed by atoms with Gasteiger partial charge < -0.3 is 0 Å². The van der Waals surface area contributed by atoms with Crippen LogP contribution < -0.4 is 4.72 Å². The van der Waals surface area contributed by atoms with E-state index in [0.717, 1.165) is 6.26 Å². The molecular weight excluding hydrogens is 316 g/mol. The number of nitrogens with one attached hydrogen (secondary N) is 2. The van der Waals surface area contributed by atoms with Gasteiger partial charge in [-0.15, -0.1) is 0 Å². The predicted octanol–water partition coefficient (Wildman–Crippen LogP) is -0.0236. The Morgan fingerprint density at radius 3 is 2.29 bits per heavy atom. The first-order chi connectivity index (χ1) is 9.59. The lowest BCUT2D eigenvalue weighted by Crippen LogP contribution is -2.33. The maximum atomic E-state index is 12.1. The predicted molar refractivity (Wildman–Crippen MR) is 80.0 cm³/mol. The van der Waals surface area contributed by atoms with Crippen molar-refractivity contribution in [2.75, 3.05) is 25.9 Å². The third kappa shape index (κ3) is 4.77. The Hall–Kier alpha value is -0.970. The smallest absolute Gasteiger partial charge is 0.244 e. The van der Waals surface area contributed by atoms with Gasteiger partial charge in [-0.25, -0.2) is 25.9 Å². The minimum atomic E-state index is -3.63.